The summed E-state index contributed by atoms with van der Waals surface area (Å²) in [6, 6.07) is 0. The zero-order valence-corrected chi connectivity index (χ0v) is 21.4. The molecule has 0 rings (SSSR count). The van der Waals surface area contributed by atoms with E-state index in [0.29, 0.717) is 5.04 Å². The van der Waals surface area contributed by atoms with Crippen LogP contribution in [-0.4, -0.2) is 14.9 Å². The van der Waals surface area contributed by atoms with E-state index in [-0.39, 0.29) is 0 Å². The Hall–Kier alpha value is -0.263. The molecule has 0 bridgehead atoms. The fourth-order valence-corrected chi connectivity index (χ4v) is 4.18. The summed E-state index contributed by atoms with van der Waals surface area (Å²) in [7, 11) is -1.53. The molecule has 0 aliphatic rings. The lowest BCUT2D eigenvalue weighted by Gasteiger charge is -2.36. The van der Waals surface area contributed by atoms with Crippen LogP contribution in [-0.2, 0) is 4.43 Å². The first-order chi connectivity index (χ1) is 13.3. The Bertz CT molecular complexity index is 397. The van der Waals surface area contributed by atoms with Crippen LogP contribution >= 0.6 is 0 Å². The molecule has 0 unspecified atom stereocenters. The van der Waals surface area contributed by atoms with E-state index in [1.54, 1.807) is 0 Å². The second kappa shape index (κ2) is 17.6. The third-order valence-electron chi connectivity index (χ3n) is 6.25. The van der Waals surface area contributed by atoms with E-state index in [0.717, 1.165) is 19.4 Å². The second-order valence-corrected chi connectivity index (χ2v) is 14.9. The predicted molar refractivity (Wildman–Crippen MR) is 130 cm³/mol. The molecule has 0 saturated carbocycles. The van der Waals surface area contributed by atoms with E-state index >= 15 is 0 Å². The van der Waals surface area contributed by atoms with Crippen molar-refractivity contribution in [3.05, 3.63) is 0 Å². The SMILES string of the molecule is CCCCCCCCCCC#CCCCCCCCCO[Si](C)(C)C(C)(C)C. The third kappa shape index (κ3) is 16.7. The van der Waals surface area contributed by atoms with Crippen LogP contribution in [0.5, 0.6) is 0 Å². The molecule has 0 spiro atoms. The van der Waals surface area contributed by atoms with Gasteiger partial charge in [0.2, 0.25) is 0 Å². The predicted octanol–water partition coefficient (Wildman–Crippen LogP) is 9.27. The molecule has 0 aliphatic heterocycles. The van der Waals surface area contributed by atoms with Gasteiger partial charge >= 0.3 is 0 Å². The Morgan fingerprint density at radius 3 is 1.43 bits per heavy atom. The lowest BCUT2D eigenvalue weighted by atomic mass is 10.1. The average molecular weight is 409 g/mol. The maximum Gasteiger partial charge on any atom is 0.191 e. The molecule has 1 nitrogen and oxygen atoms in total. The first-order valence-electron chi connectivity index (χ1n) is 12.4. The average Bonchev–Trinajstić information content (AvgIpc) is 2.62. The minimum atomic E-state index is -1.53. The van der Waals surface area contributed by atoms with Crippen molar-refractivity contribution in [2.75, 3.05) is 6.61 Å². The van der Waals surface area contributed by atoms with Crippen LogP contribution in [0.2, 0.25) is 18.1 Å². The molecule has 0 amide bonds. The van der Waals surface area contributed by atoms with Gasteiger partial charge in [-0.25, -0.2) is 0 Å². The fraction of sp³-hybridized carbons (Fsp3) is 0.923. The monoisotopic (exact) mass is 408 g/mol. The first-order valence-corrected chi connectivity index (χ1v) is 15.3. The smallest absolute Gasteiger partial charge is 0.191 e. The molecule has 28 heavy (non-hydrogen) atoms. The van der Waals surface area contributed by atoms with Crippen LogP contribution in [0.4, 0.5) is 0 Å². The lowest BCUT2D eigenvalue weighted by molar-refractivity contribution is 0.277. The minimum Gasteiger partial charge on any atom is -0.417 e. The molecular weight excluding hydrogens is 356 g/mol. The summed E-state index contributed by atoms with van der Waals surface area (Å²) in [5.74, 6) is 6.76. The van der Waals surface area contributed by atoms with Gasteiger partial charge in [0.1, 0.15) is 0 Å². The molecule has 0 aliphatic carbocycles. The van der Waals surface area contributed by atoms with Gasteiger partial charge in [0.25, 0.3) is 0 Å². The van der Waals surface area contributed by atoms with Gasteiger partial charge in [0.05, 0.1) is 0 Å². The van der Waals surface area contributed by atoms with E-state index in [9.17, 15) is 0 Å². The van der Waals surface area contributed by atoms with Crippen molar-refractivity contribution in [3.63, 3.8) is 0 Å². The molecule has 166 valence electrons. The normalized spacial score (nSPS) is 12.1. The first kappa shape index (κ1) is 27.7. The molecule has 0 radical (unpaired) electrons. The number of unbranched alkanes of at least 4 members (excludes halogenated alkanes) is 14. The number of hydrogen-bond donors (Lipinski definition) is 0. The molecule has 0 heterocycles. The van der Waals surface area contributed by atoms with Gasteiger partial charge in [0, 0.05) is 19.4 Å². The van der Waals surface area contributed by atoms with Gasteiger partial charge in [-0.2, -0.15) is 0 Å². The van der Waals surface area contributed by atoms with Gasteiger partial charge in [0.15, 0.2) is 8.32 Å². The van der Waals surface area contributed by atoms with E-state index in [4.69, 9.17) is 4.43 Å². The minimum absolute atomic E-state index is 0.336. The standard InChI is InChI=1S/C26H52OSi/c1-7-8-9-10-11-12-13-14-15-16-17-18-19-20-21-22-23-24-25-27-28(5,6)26(2,3)4/h7-15,18-25H2,1-6H3. The highest BCUT2D eigenvalue weighted by Gasteiger charge is 2.36. The van der Waals surface area contributed by atoms with Gasteiger partial charge in [-0.1, -0.05) is 98.3 Å². The molecule has 0 atom stereocenters. The van der Waals surface area contributed by atoms with E-state index in [1.807, 2.05) is 0 Å². The summed E-state index contributed by atoms with van der Waals surface area (Å²) in [4.78, 5) is 0. The molecular formula is C26H52OSi. The molecule has 2 heteroatoms. The Balaban J connectivity index is 3.31. The van der Waals surface area contributed by atoms with Gasteiger partial charge in [-0.3, -0.25) is 0 Å². The Labute approximate surface area is 179 Å². The zero-order chi connectivity index (χ0) is 21.1. The number of hydrogen-bond acceptors (Lipinski definition) is 1. The molecule has 0 N–H and O–H groups in total. The highest BCUT2D eigenvalue weighted by Crippen LogP contribution is 2.36. The quantitative estimate of drug-likeness (QED) is 0.132. The van der Waals surface area contributed by atoms with Crippen LogP contribution in [0.25, 0.3) is 0 Å². The Kier molecular flexibility index (Phi) is 17.4. The van der Waals surface area contributed by atoms with Crippen LogP contribution in [0.15, 0.2) is 0 Å². The maximum atomic E-state index is 6.24. The van der Waals surface area contributed by atoms with E-state index in [1.165, 1.54) is 89.9 Å². The van der Waals surface area contributed by atoms with Crippen molar-refractivity contribution in [3.8, 4) is 11.8 Å². The Morgan fingerprint density at radius 2 is 1.00 bits per heavy atom. The largest absolute Gasteiger partial charge is 0.417 e. The van der Waals surface area contributed by atoms with Crippen LogP contribution < -0.4 is 0 Å². The van der Waals surface area contributed by atoms with Crippen molar-refractivity contribution in [2.45, 2.75) is 149 Å². The van der Waals surface area contributed by atoms with Crippen molar-refractivity contribution >= 4 is 8.32 Å². The summed E-state index contributed by atoms with van der Waals surface area (Å²) < 4.78 is 6.24. The second-order valence-electron chi connectivity index (χ2n) is 10.1. The summed E-state index contributed by atoms with van der Waals surface area (Å²) in [5, 5.41) is 0.336. The summed E-state index contributed by atoms with van der Waals surface area (Å²) in [5.41, 5.74) is 0. The molecule has 0 aromatic rings. The summed E-state index contributed by atoms with van der Waals surface area (Å²) in [6.45, 7) is 14.9. The Morgan fingerprint density at radius 1 is 0.607 bits per heavy atom. The zero-order valence-electron chi connectivity index (χ0n) is 20.4. The van der Waals surface area contributed by atoms with Crippen LogP contribution in [0, 0.1) is 11.8 Å². The van der Waals surface area contributed by atoms with Crippen molar-refractivity contribution in [1.29, 1.82) is 0 Å². The van der Waals surface area contributed by atoms with E-state index < -0.39 is 8.32 Å². The number of rotatable bonds is 17. The molecule has 0 aromatic carbocycles. The van der Waals surface area contributed by atoms with Crippen LogP contribution in [0.1, 0.15) is 130 Å². The molecule has 0 saturated heterocycles. The van der Waals surface area contributed by atoms with Gasteiger partial charge in [-0.15, -0.1) is 11.8 Å². The van der Waals surface area contributed by atoms with Crippen LogP contribution in [0.3, 0.4) is 0 Å². The van der Waals surface area contributed by atoms with Crippen molar-refractivity contribution in [2.24, 2.45) is 0 Å². The third-order valence-corrected chi connectivity index (χ3v) is 10.8. The van der Waals surface area contributed by atoms with E-state index in [2.05, 4.69) is 52.6 Å². The van der Waals surface area contributed by atoms with Crippen molar-refractivity contribution < 1.29 is 4.43 Å². The van der Waals surface area contributed by atoms with Gasteiger partial charge in [-0.05, 0) is 37.4 Å². The summed E-state index contributed by atoms with van der Waals surface area (Å²) >= 11 is 0. The van der Waals surface area contributed by atoms with Gasteiger partial charge < -0.3 is 4.43 Å². The lowest BCUT2D eigenvalue weighted by Crippen LogP contribution is -2.40. The fourth-order valence-electron chi connectivity index (χ4n) is 3.09. The molecule has 0 aromatic heterocycles. The maximum absolute atomic E-state index is 6.24. The molecule has 0 fully saturated rings. The topological polar surface area (TPSA) is 9.23 Å². The highest BCUT2D eigenvalue weighted by atomic mass is 28.4. The highest BCUT2D eigenvalue weighted by molar-refractivity contribution is 6.74. The summed E-state index contributed by atoms with van der Waals surface area (Å²) in [6.07, 6.45) is 21.2. The van der Waals surface area contributed by atoms with Crippen molar-refractivity contribution in [1.82, 2.24) is 0 Å².